The van der Waals surface area contributed by atoms with Gasteiger partial charge < -0.3 is 14.8 Å². The van der Waals surface area contributed by atoms with E-state index in [4.69, 9.17) is 4.74 Å². The molecule has 0 heterocycles. The van der Waals surface area contributed by atoms with Crippen LogP contribution in [0.15, 0.2) is 48.5 Å². The molecule has 0 aliphatic rings. The maximum Gasteiger partial charge on any atom is 0.337 e. The lowest BCUT2D eigenvalue weighted by atomic mass is 10.2. The van der Waals surface area contributed by atoms with Crippen molar-refractivity contribution in [2.45, 2.75) is 26.4 Å². The second-order valence-electron chi connectivity index (χ2n) is 5.34. The quantitative estimate of drug-likeness (QED) is 0.824. The minimum absolute atomic E-state index is 0.261. The SMILES string of the molecule is CC[C@H](Oc1ccccc1C)C(=O)Nc1cccc(C(=O)OC)c1. The Morgan fingerprint density at radius 3 is 2.54 bits per heavy atom. The molecule has 0 saturated heterocycles. The van der Waals surface area contributed by atoms with E-state index in [1.165, 1.54) is 7.11 Å². The fourth-order valence-electron chi connectivity index (χ4n) is 2.23. The molecule has 24 heavy (non-hydrogen) atoms. The summed E-state index contributed by atoms with van der Waals surface area (Å²) in [4.78, 5) is 24.0. The molecule has 0 unspecified atom stereocenters. The fraction of sp³-hybridized carbons (Fsp3) is 0.263. The number of para-hydroxylation sites is 1. The van der Waals surface area contributed by atoms with Crippen LogP contribution in [0.4, 0.5) is 5.69 Å². The zero-order valence-electron chi connectivity index (χ0n) is 14.0. The van der Waals surface area contributed by atoms with E-state index in [0.717, 1.165) is 5.56 Å². The maximum absolute atomic E-state index is 12.5. The average Bonchev–Trinajstić information content (AvgIpc) is 2.60. The summed E-state index contributed by atoms with van der Waals surface area (Å²) in [6.45, 7) is 3.81. The molecule has 0 aliphatic heterocycles. The van der Waals surface area contributed by atoms with E-state index in [2.05, 4.69) is 10.1 Å². The summed E-state index contributed by atoms with van der Waals surface area (Å²) in [7, 11) is 1.32. The largest absolute Gasteiger partial charge is 0.480 e. The number of hydrogen-bond acceptors (Lipinski definition) is 4. The first-order valence-corrected chi connectivity index (χ1v) is 7.76. The first-order chi connectivity index (χ1) is 11.5. The van der Waals surface area contributed by atoms with Gasteiger partial charge in [0.15, 0.2) is 6.10 Å². The summed E-state index contributed by atoms with van der Waals surface area (Å²) < 4.78 is 10.5. The molecule has 0 fully saturated rings. The van der Waals surface area contributed by atoms with Crippen LogP contribution in [-0.2, 0) is 9.53 Å². The van der Waals surface area contributed by atoms with Crippen LogP contribution in [0.1, 0.15) is 29.3 Å². The highest BCUT2D eigenvalue weighted by atomic mass is 16.5. The summed E-state index contributed by atoms with van der Waals surface area (Å²) in [5.74, 6) is -0.0279. The molecule has 0 bridgehead atoms. The third kappa shape index (κ3) is 4.35. The molecular weight excluding hydrogens is 306 g/mol. The Kier molecular flexibility index (Phi) is 5.95. The van der Waals surface area contributed by atoms with Crippen molar-refractivity contribution in [1.29, 1.82) is 0 Å². The number of rotatable bonds is 6. The van der Waals surface area contributed by atoms with Crippen LogP contribution in [0.5, 0.6) is 5.75 Å². The van der Waals surface area contributed by atoms with Crippen LogP contribution in [0, 0.1) is 6.92 Å². The Morgan fingerprint density at radius 2 is 1.88 bits per heavy atom. The van der Waals surface area contributed by atoms with E-state index in [1.807, 2.05) is 38.1 Å². The van der Waals surface area contributed by atoms with Gasteiger partial charge in [0.05, 0.1) is 12.7 Å². The van der Waals surface area contributed by atoms with Crippen LogP contribution in [0.3, 0.4) is 0 Å². The van der Waals surface area contributed by atoms with Gasteiger partial charge in [0.2, 0.25) is 0 Å². The molecule has 2 rings (SSSR count). The van der Waals surface area contributed by atoms with Crippen molar-refractivity contribution in [3.8, 4) is 5.75 Å². The summed E-state index contributed by atoms with van der Waals surface area (Å²) >= 11 is 0. The van der Waals surface area contributed by atoms with Crippen molar-refractivity contribution in [2.24, 2.45) is 0 Å². The molecule has 0 saturated carbocycles. The minimum Gasteiger partial charge on any atom is -0.480 e. The number of esters is 1. The Balaban J connectivity index is 2.09. The number of methoxy groups -OCH3 is 1. The molecular formula is C19H21NO4. The zero-order valence-corrected chi connectivity index (χ0v) is 14.0. The first kappa shape index (κ1) is 17.5. The molecule has 1 N–H and O–H groups in total. The monoisotopic (exact) mass is 327 g/mol. The van der Waals surface area contributed by atoms with Gasteiger partial charge >= 0.3 is 5.97 Å². The summed E-state index contributed by atoms with van der Waals surface area (Å²) in [5.41, 5.74) is 1.87. The third-order valence-corrected chi connectivity index (χ3v) is 3.58. The standard InChI is InChI=1S/C19H21NO4/c1-4-16(24-17-11-6-5-8-13(17)2)18(21)20-15-10-7-9-14(12-15)19(22)23-3/h5-12,16H,4H2,1-3H3,(H,20,21)/t16-/m0/s1. The number of amides is 1. The highest BCUT2D eigenvalue weighted by Crippen LogP contribution is 2.20. The molecule has 0 spiro atoms. The predicted octanol–water partition coefficient (Wildman–Crippen LogP) is 3.58. The fourth-order valence-corrected chi connectivity index (χ4v) is 2.23. The lowest BCUT2D eigenvalue weighted by molar-refractivity contribution is -0.122. The van der Waals surface area contributed by atoms with Gasteiger partial charge in [0, 0.05) is 5.69 Å². The molecule has 5 nitrogen and oxygen atoms in total. The molecule has 1 amide bonds. The van der Waals surface area contributed by atoms with E-state index < -0.39 is 12.1 Å². The van der Waals surface area contributed by atoms with Gasteiger partial charge in [0.25, 0.3) is 5.91 Å². The van der Waals surface area contributed by atoms with E-state index in [0.29, 0.717) is 23.4 Å². The second kappa shape index (κ2) is 8.15. The van der Waals surface area contributed by atoms with Crippen LogP contribution in [-0.4, -0.2) is 25.1 Å². The number of ether oxygens (including phenoxy) is 2. The summed E-state index contributed by atoms with van der Waals surface area (Å²) in [5, 5.41) is 2.78. The van der Waals surface area contributed by atoms with E-state index in [-0.39, 0.29) is 5.91 Å². The number of carbonyl (C=O) groups excluding carboxylic acids is 2. The molecule has 1 atom stereocenters. The van der Waals surface area contributed by atoms with E-state index in [9.17, 15) is 9.59 Å². The van der Waals surface area contributed by atoms with E-state index in [1.54, 1.807) is 24.3 Å². The Morgan fingerprint density at radius 1 is 1.12 bits per heavy atom. The summed E-state index contributed by atoms with van der Waals surface area (Å²) in [6, 6.07) is 14.2. The predicted molar refractivity (Wildman–Crippen MR) is 92.3 cm³/mol. The van der Waals surface area contributed by atoms with Crippen LogP contribution >= 0.6 is 0 Å². The Hall–Kier alpha value is -2.82. The van der Waals surface area contributed by atoms with Crippen molar-refractivity contribution < 1.29 is 19.1 Å². The highest BCUT2D eigenvalue weighted by Gasteiger charge is 2.19. The van der Waals surface area contributed by atoms with Gasteiger partial charge in [-0.1, -0.05) is 31.2 Å². The van der Waals surface area contributed by atoms with Crippen molar-refractivity contribution >= 4 is 17.6 Å². The van der Waals surface area contributed by atoms with Gasteiger partial charge in [0.1, 0.15) is 5.75 Å². The number of aryl methyl sites for hydroxylation is 1. The normalized spacial score (nSPS) is 11.5. The Labute approximate surface area is 141 Å². The topological polar surface area (TPSA) is 64.6 Å². The molecule has 5 heteroatoms. The molecule has 2 aromatic carbocycles. The lowest BCUT2D eigenvalue weighted by Gasteiger charge is -2.18. The second-order valence-corrected chi connectivity index (χ2v) is 5.34. The molecule has 0 aliphatic carbocycles. The first-order valence-electron chi connectivity index (χ1n) is 7.76. The average molecular weight is 327 g/mol. The Bertz CT molecular complexity index is 727. The van der Waals surface area contributed by atoms with Gasteiger partial charge in [-0.05, 0) is 43.2 Å². The summed E-state index contributed by atoms with van der Waals surface area (Å²) in [6.07, 6.45) is -0.0930. The van der Waals surface area contributed by atoms with Gasteiger partial charge in [-0.15, -0.1) is 0 Å². The van der Waals surface area contributed by atoms with Crippen LogP contribution in [0.2, 0.25) is 0 Å². The number of anilines is 1. The highest BCUT2D eigenvalue weighted by molar-refractivity contribution is 5.96. The lowest BCUT2D eigenvalue weighted by Crippen LogP contribution is -2.32. The third-order valence-electron chi connectivity index (χ3n) is 3.58. The van der Waals surface area contributed by atoms with Gasteiger partial charge in [-0.3, -0.25) is 4.79 Å². The van der Waals surface area contributed by atoms with Crippen molar-refractivity contribution in [2.75, 3.05) is 12.4 Å². The zero-order chi connectivity index (χ0) is 17.5. The van der Waals surface area contributed by atoms with Gasteiger partial charge in [-0.2, -0.15) is 0 Å². The van der Waals surface area contributed by atoms with Crippen molar-refractivity contribution in [1.82, 2.24) is 0 Å². The minimum atomic E-state index is -0.618. The molecule has 2 aromatic rings. The van der Waals surface area contributed by atoms with Gasteiger partial charge in [-0.25, -0.2) is 4.79 Å². The van der Waals surface area contributed by atoms with Crippen molar-refractivity contribution in [3.05, 3.63) is 59.7 Å². The number of benzene rings is 2. The number of nitrogens with one attached hydrogen (secondary N) is 1. The van der Waals surface area contributed by atoms with E-state index >= 15 is 0 Å². The maximum atomic E-state index is 12.5. The molecule has 126 valence electrons. The van der Waals surface area contributed by atoms with Crippen LogP contribution in [0.25, 0.3) is 0 Å². The molecule has 0 radical (unpaired) electrons. The smallest absolute Gasteiger partial charge is 0.337 e. The van der Waals surface area contributed by atoms with Crippen LogP contribution < -0.4 is 10.1 Å². The number of carbonyl (C=O) groups is 2. The number of hydrogen-bond donors (Lipinski definition) is 1. The molecule has 0 aromatic heterocycles. The van der Waals surface area contributed by atoms with Crippen molar-refractivity contribution in [3.63, 3.8) is 0 Å².